The Kier molecular flexibility index (Phi) is 10.3. The van der Waals surface area contributed by atoms with Crippen molar-refractivity contribution < 1.29 is 8.83 Å². The standard InChI is InChI=1S/C79H56N2O2/c1-47(2)52-33-19-35-61-63-37-21-41-69(77(63)82-75(52)61)80(49-23-7-5-8-24-49)51-43-44-60-65(45-51)54-27-11-13-31-58(54)73-72-59-32-14-12-30-57(59)71(46-68(72)79(74(60)73)66-39-17-15-28-55(66)56-29-16-18-40-67(56)79)81(50-25-9-6-10-26-50)70-42-22-38-64-62-36-20-34-53(48(3)4)76(62)83-78(64)70/h5-48H,1-4H3. The van der Waals surface area contributed by atoms with Gasteiger partial charge in [-0.05, 0) is 149 Å². The second kappa shape index (κ2) is 17.9. The first-order chi connectivity index (χ1) is 40.9. The Bertz CT molecular complexity index is 5130. The average Bonchev–Trinajstić information content (AvgIpc) is 1.51. The highest BCUT2D eigenvalue weighted by atomic mass is 16.3. The molecule has 4 heteroatoms. The molecule has 15 aromatic rings. The number of para-hydroxylation sites is 6. The van der Waals surface area contributed by atoms with E-state index in [9.17, 15) is 0 Å². The lowest BCUT2D eigenvalue weighted by molar-refractivity contribution is 0.657. The van der Waals surface area contributed by atoms with Crippen LogP contribution in [0.15, 0.2) is 264 Å². The Morgan fingerprint density at radius 3 is 1.30 bits per heavy atom. The first-order valence-corrected chi connectivity index (χ1v) is 29.2. The highest BCUT2D eigenvalue weighted by Crippen LogP contribution is 2.68. The zero-order chi connectivity index (χ0) is 55.2. The quantitative estimate of drug-likeness (QED) is 0.142. The first kappa shape index (κ1) is 47.6. The average molecular weight is 1070 g/mol. The van der Waals surface area contributed by atoms with Gasteiger partial charge >= 0.3 is 0 Å². The highest BCUT2D eigenvalue weighted by Gasteiger charge is 2.54. The van der Waals surface area contributed by atoms with E-state index in [1.54, 1.807) is 0 Å². The lowest BCUT2D eigenvalue weighted by Gasteiger charge is -2.34. The zero-order valence-corrected chi connectivity index (χ0v) is 46.6. The number of fused-ring (bicyclic) bond motifs is 23. The van der Waals surface area contributed by atoms with Crippen molar-refractivity contribution in [2.75, 3.05) is 9.80 Å². The fourth-order valence-corrected chi connectivity index (χ4v) is 14.9. The van der Waals surface area contributed by atoms with Crippen molar-refractivity contribution in [3.05, 3.63) is 288 Å². The van der Waals surface area contributed by atoms with Crippen LogP contribution in [0.3, 0.4) is 0 Å². The van der Waals surface area contributed by atoms with Gasteiger partial charge in [0.2, 0.25) is 0 Å². The fraction of sp³-hybridized carbons (Fsp3) is 0.0886. The number of furan rings is 2. The minimum atomic E-state index is -0.729. The molecule has 0 radical (unpaired) electrons. The zero-order valence-electron chi connectivity index (χ0n) is 46.6. The van der Waals surface area contributed by atoms with Gasteiger partial charge in [0.1, 0.15) is 11.2 Å². The van der Waals surface area contributed by atoms with E-state index < -0.39 is 5.41 Å². The second-order valence-corrected chi connectivity index (χ2v) is 23.3. The molecule has 1 spiro atoms. The van der Waals surface area contributed by atoms with Gasteiger partial charge in [-0.25, -0.2) is 0 Å². The summed E-state index contributed by atoms with van der Waals surface area (Å²) >= 11 is 0. The summed E-state index contributed by atoms with van der Waals surface area (Å²) in [7, 11) is 0. The van der Waals surface area contributed by atoms with Gasteiger partial charge in [0.25, 0.3) is 0 Å². The van der Waals surface area contributed by atoms with E-state index in [1.807, 2.05) is 0 Å². The Morgan fingerprint density at radius 1 is 0.289 bits per heavy atom. The first-order valence-electron chi connectivity index (χ1n) is 29.2. The van der Waals surface area contributed by atoms with Crippen LogP contribution in [0.1, 0.15) is 72.9 Å². The summed E-state index contributed by atoms with van der Waals surface area (Å²) in [6.07, 6.45) is 0. The highest BCUT2D eigenvalue weighted by molar-refractivity contribution is 6.25. The van der Waals surface area contributed by atoms with Crippen LogP contribution in [-0.4, -0.2) is 0 Å². The summed E-state index contributed by atoms with van der Waals surface area (Å²) in [5, 5.41) is 11.7. The van der Waals surface area contributed by atoms with Gasteiger partial charge in [-0.15, -0.1) is 0 Å². The van der Waals surface area contributed by atoms with Crippen LogP contribution in [0.4, 0.5) is 34.1 Å². The summed E-state index contributed by atoms with van der Waals surface area (Å²) in [6, 6.07) is 94.7. The summed E-state index contributed by atoms with van der Waals surface area (Å²) in [6.45, 7) is 8.99. The minimum absolute atomic E-state index is 0.293. The summed E-state index contributed by atoms with van der Waals surface area (Å²) in [5.74, 6) is 0.598. The van der Waals surface area contributed by atoms with Crippen molar-refractivity contribution in [3.63, 3.8) is 0 Å². The van der Waals surface area contributed by atoms with Crippen molar-refractivity contribution in [3.8, 4) is 22.3 Å². The predicted octanol–water partition coefficient (Wildman–Crippen LogP) is 22.5. The van der Waals surface area contributed by atoms with Crippen molar-refractivity contribution in [2.24, 2.45) is 0 Å². The Hall–Kier alpha value is -10.2. The number of hydrogen-bond donors (Lipinski definition) is 0. The molecule has 0 amide bonds. The molecule has 0 saturated carbocycles. The number of hydrogen-bond acceptors (Lipinski definition) is 4. The van der Waals surface area contributed by atoms with Crippen LogP contribution >= 0.6 is 0 Å². The normalized spacial score (nSPS) is 13.1. The molecular weight excluding hydrogens is 1010 g/mol. The van der Waals surface area contributed by atoms with Gasteiger partial charge in [-0.1, -0.05) is 228 Å². The number of nitrogens with zero attached hydrogens (tertiary/aromatic N) is 2. The summed E-state index contributed by atoms with van der Waals surface area (Å²) < 4.78 is 14.3. The minimum Gasteiger partial charge on any atom is -0.454 e. The van der Waals surface area contributed by atoms with Crippen LogP contribution in [0.2, 0.25) is 0 Å². The van der Waals surface area contributed by atoms with Gasteiger partial charge in [-0.3, -0.25) is 0 Å². The lowest BCUT2D eigenvalue weighted by atomic mass is 9.69. The van der Waals surface area contributed by atoms with E-state index in [-0.39, 0.29) is 0 Å². The third-order valence-corrected chi connectivity index (χ3v) is 18.3. The van der Waals surface area contributed by atoms with Gasteiger partial charge in [0, 0.05) is 44.0 Å². The van der Waals surface area contributed by atoms with Crippen LogP contribution < -0.4 is 9.80 Å². The van der Waals surface area contributed by atoms with E-state index in [1.165, 1.54) is 82.6 Å². The molecular formula is C79H56N2O2. The van der Waals surface area contributed by atoms with E-state index >= 15 is 0 Å². The summed E-state index contributed by atoms with van der Waals surface area (Å²) in [5.41, 5.74) is 21.8. The Labute approximate surface area is 481 Å². The summed E-state index contributed by atoms with van der Waals surface area (Å²) in [4.78, 5) is 4.87. The van der Waals surface area contributed by atoms with Crippen LogP contribution in [-0.2, 0) is 5.41 Å². The predicted molar refractivity (Wildman–Crippen MR) is 347 cm³/mol. The third kappa shape index (κ3) is 6.58. The van der Waals surface area contributed by atoms with E-state index in [2.05, 4.69) is 292 Å². The molecule has 2 aliphatic carbocycles. The molecule has 2 aromatic heterocycles. The number of anilines is 6. The molecule has 0 N–H and O–H groups in total. The van der Waals surface area contributed by atoms with E-state index in [0.29, 0.717) is 11.8 Å². The van der Waals surface area contributed by atoms with Crippen LogP contribution in [0.25, 0.3) is 98.4 Å². The molecule has 0 aliphatic heterocycles. The maximum absolute atomic E-state index is 7.22. The SMILES string of the molecule is CC(C)c1cccc2c1oc1c(N(c3ccccc3)c3ccc4c5c(c6ccccc6c4c3)-c3c(cc(N(c4ccccc4)c4cccc6c4oc4c(C(C)C)cccc46)c4ccccc34)C53c4ccccc4-c4ccccc43)cccc12. The van der Waals surface area contributed by atoms with E-state index in [4.69, 9.17) is 8.83 Å². The number of rotatable bonds is 8. The monoisotopic (exact) mass is 1060 g/mol. The maximum Gasteiger partial charge on any atom is 0.159 e. The lowest BCUT2D eigenvalue weighted by Crippen LogP contribution is -2.26. The topological polar surface area (TPSA) is 32.8 Å². The second-order valence-electron chi connectivity index (χ2n) is 23.3. The molecule has 2 heterocycles. The molecule has 0 unspecified atom stereocenters. The molecule has 0 fully saturated rings. The van der Waals surface area contributed by atoms with Crippen LogP contribution in [0.5, 0.6) is 0 Å². The Morgan fingerprint density at radius 2 is 0.735 bits per heavy atom. The van der Waals surface area contributed by atoms with Crippen molar-refractivity contribution >= 4 is 110 Å². The smallest absolute Gasteiger partial charge is 0.159 e. The molecule has 13 aromatic carbocycles. The fourth-order valence-electron chi connectivity index (χ4n) is 14.9. The van der Waals surface area contributed by atoms with Gasteiger partial charge in [0.15, 0.2) is 11.2 Å². The molecule has 83 heavy (non-hydrogen) atoms. The van der Waals surface area contributed by atoms with Gasteiger partial charge in [0.05, 0.1) is 22.5 Å². The van der Waals surface area contributed by atoms with Gasteiger partial charge < -0.3 is 18.6 Å². The molecule has 0 bridgehead atoms. The molecule has 0 saturated heterocycles. The van der Waals surface area contributed by atoms with Crippen molar-refractivity contribution in [2.45, 2.75) is 44.9 Å². The van der Waals surface area contributed by atoms with Crippen molar-refractivity contribution in [1.29, 1.82) is 0 Å². The number of benzene rings is 13. The van der Waals surface area contributed by atoms with E-state index in [0.717, 1.165) is 83.4 Å². The molecule has 17 rings (SSSR count). The third-order valence-electron chi connectivity index (χ3n) is 18.3. The van der Waals surface area contributed by atoms with Crippen LogP contribution in [0, 0.1) is 0 Å². The Balaban J connectivity index is 0.987. The molecule has 4 nitrogen and oxygen atoms in total. The molecule has 2 aliphatic rings. The maximum atomic E-state index is 7.22. The molecule has 394 valence electrons. The van der Waals surface area contributed by atoms with Gasteiger partial charge in [-0.2, -0.15) is 0 Å². The largest absolute Gasteiger partial charge is 0.454 e. The molecule has 0 atom stereocenters. The van der Waals surface area contributed by atoms with Crippen molar-refractivity contribution in [1.82, 2.24) is 0 Å².